The predicted molar refractivity (Wildman–Crippen MR) is 77.5 cm³/mol. The second-order valence-electron chi connectivity index (χ2n) is 4.68. The van der Waals surface area contributed by atoms with Gasteiger partial charge in [0.1, 0.15) is 5.75 Å². The van der Waals surface area contributed by atoms with Crippen LogP contribution in [0.3, 0.4) is 0 Å². The van der Waals surface area contributed by atoms with Crippen molar-refractivity contribution in [3.63, 3.8) is 0 Å². The van der Waals surface area contributed by atoms with Gasteiger partial charge >= 0.3 is 0 Å². The van der Waals surface area contributed by atoms with Crippen molar-refractivity contribution in [1.29, 1.82) is 0 Å². The maximum Gasteiger partial charge on any atom is 0.120 e. The summed E-state index contributed by atoms with van der Waals surface area (Å²) in [5.41, 5.74) is 6.52. The standard InChI is InChI=1S/C14H20N2OS/c1-10(2)14-16-12-6-5-11(9-13(12)18-14)17-8-4-3-7-15/h5-6,9-10H,3-4,7-8,15H2,1-2H3. The maximum atomic E-state index is 5.71. The molecule has 2 aromatic rings. The van der Waals surface area contributed by atoms with Crippen molar-refractivity contribution in [3.8, 4) is 5.75 Å². The zero-order valence-electron chi connectivity index (χ0n) is 11.0. The van der Waals surface area contributed by atoms with Gasteiger partial charge in [-0.2, -0.15) is 0 Å². The third-order valence-corrected chi connectivity index (χ3v) is 4.06. The highest BCUT2D eigenvalue weighted by Gasteiger charge is 2.08. The molecule has 2 rings (SSSR count). The van der Waals surface area contributed by atoms with E-state index in [1.54, 1.807) is 11.3 Å². The average Bonchev–Trinajstić information content (AvgIpc) is 2.78. The number of thiazole rings is 1. The quantitative estimate of drug-likeness (QED) is 0.812. The minimum absolute atomic E-state index is 0.483. The van der Waals surface area contributed by atoms with Crippen LogP contribution in [0.15, 0.2) is 18.2 Å². The minimum atomic E-state index is 0.483. The molecule has 4 heteroatoms. The highest BCUT2D eigenvalue weighted by molar-refractivity contribution is 7.18. The topological polar surface area (TPSA) is 48.1 Å². The van der Waals surface area contributed by atoms with Crippen LogP contribution in [0.4, 0.5) is 0 Å². The zero-order chi connectivity index (χ0) is 13.0. The van der Waals surface area contributed by atoms with E-state index < -0.39 is 0 Å². The van der Waals surface area contributed by atoms with Gasteiger partial charge in [0, 0.05) is 5.92 Å². The third-order valence-electron chi connectivity index (χ3n) is 2.74. The number of rotatable bonds is 6. The smallest absolute Gasteiger partial charge is 0.120 e. The molecule has 0 aliphatic rings. The highest BCUT2D eigenvalue weighted by Crippen LogP contribution is 2.29. The molecule has 2 N–H and O–H groups in total. The van der Waals surface area contributed by atoms with E-state index in [4.69, 9.17) is 10.5 Å². The van der Waals surface area contributed by atoms with Crippen molar-refractivity contribution in [1.82, 2.24) is 4.98 Å². The van der Waals surface area contributed by atoms with Crippen LogP contribution in [0, 0.1) is 0 Å². The largest absolute Gasteiger partial charge is 0.494 e. The van der Waals surface area contributed by atoms with Gasteiger partial charge in [0.15, 0.2) is 0 Å². The van der Waals surface area contributed by atoms with Gasteiger partial charge < -0.3 is 10.5 Å². The molecule has 0 atom stereocenters. The Morgan fingerprint density at radius 3 is 2.89 bits per heavy atom. The van der Waals surface area contributed by atoms with E-state index in [0.717, 1.165) is 37.3 Å². The first-order valence-electron chi connectivity index (χ1n) is 6.44. The van der Waals surface area contributed by atoms with Crippen LogP contribution in [0.2, 0.25) is 0 Å². The third kappa shape index (κ3) is 3.21. The summed E-state index contributed by atoms with van der Waals surface area (Å²) in [5, 5.41) is 1.19. The van der Waals surface area contributed by atoms with Crippen LogP contribution in [0.25, 0.3) is 10.2 Å². The van der Waals surface area contributed by atoms with Gasteiger partial charge in [0.25, 0.3) is 0 Å². The fourth-order valence-corrected chi connectivity index (χ4v) is 2.69. The molecule has 3 nitrogen and oxygen atoms in total. The lowest BCUT2D eigenvalue weighted by molar-refractivity contribution is 0.308. The highest BCUT2D eigenvalue weighted by atomic mass is 32.1. The number of unbranched alkanes of at least 4 members (excludes halogenated alkanes) is 1. The van der Waals surface area contributed by atoms with Crippen molar-refractivity contribution in [3.05, 3.63) is 23.2 Å². The zero-order valence-corrected chi connectivity index (χ0v) is 11.8. The molecule has 0 amide bonds. The summed E-state index contributed by atoms with van der Waals surface area (Å²) in [6.07, 6.45) is 2.02. The molecule has 0 aliphatic carbocycles. The molecule has 0 bridgehead atoms. The number of aromatic nitrogens is 1. The summed E-state index contributed by atoms with van der Waals surface area (Å²) in [5.74, 6) is 1.41. The predicted octanol–water partition coefficient (Wildman–Crippen LogP) is 3.54. The number of fused-ring (bicyclic) bond motifs is 1. The first-order chi connectivity index (χ1) is 8.70. The van der Waals surface area contributed by atoms with Gasteiger partial charge in [-0.3, -0.25) is 0 Å². The normalized spacial score (nSPS) is 11.3. The number of hydrogen-bond donors (Lipinski definition) is 1. The van der Waals surface area contributed by atoms with E-state index in [1.807, 2.05) is 12.1 Å². The number of benzene rings is 1. The molecule has 0 saturated heterocycles. The Hall–Kier alpha value is -1.13. The Kier molecular flexibility index (Phi) is 4.55. The molecule has 0 spiro atoms. The summed E-state index contributed by atoms with van der Waals surface area (Å²) in [6.45, 7) is 5.80. The van der Waals surface area contributed by atoms with E-state index in [9.17, 15) is 0 Å². The van der Waals surface area contributed by atoms with Crippen molar-refractivity contribution in [2.45, 2.75) is 32.6 Å². The Morgan fingerprint density at radius 1 is 1.33 bits per heavy atom. The fourth-order valence-electron chi connectivity index (χ4n) is 1.70. The summed E-state index contributed by atoms with van der Waals surface area (Å²) < 4.78 is 6.91. The summed E-state index contributed by atoms with van der Waals surface area (Å²) in [7, 11) is 0. The van der Waals surface area contributed by atoms with Crippen LogP contribution < -0.4 is 10.5 Å². The molecule has 18 heavy (non-hydrogen) atoms. The first kappa shape index (κ1) is 13.3. The first-order valence-corrected chi connectivity index (χ1v) is 7.25. The van der Waals surface area contributed by atoms with Crippen molar-refractivity contribution in [2.75, 3.05) is 13.2 Å². The van der Waals surface area contributed by atoms with Crippen LogP contribution in [0.5, 0.6) is 5.75 Å². The summed E-state index contributed by atoms with van der Waals surface area (Å²) >= 11 is 1.75. The lowest BCUT2D eigenvalue weighted by Crippen LogP contribution is -2.03. The van der Waals surface area contributed by atoms with Crippen LogP contribution in [0.1, 0.15) is 37.6 Å². The van der Waals surface area contributed by atoms with Crippen LogP contribution >= 0.6 is 11.3 Å². The van der Waals surface area contributed by atoms with E-state index >= 15 is 0 Å². The summed E-state index contributed by atoms with van der Waals surface area (Å²) in [6, 6.07) is 6.12. The second-order valence-corrected chi connectivity index (χ2v) is 5.74. The van der Waals surface area contributed by atoms with Gasteiger partial charge in [0.05, 0.1) is 21.8 Å². The van der Waals surface area contributed by atoms with E-state index in [0.29, 0.717) is 5.92 Å². The van der Waals surface area contributed by atoms with Gasteiger partial charge in [-0.25, -0.2) is 4.98 Å². The molecule has 0 radical (unpaired) electrons. The molecule has 1 aromatic heterocycles. The molecule has 0 saturated carbocycles. The van der Waals surface area contributed by atoms with Crippen molar-refractivity contribution >= 4 is 21.6 Å². The number of ether oxygens (including phenoxy) is 1. The van der Waals surface area contributed by atoms with E-state index in [-0.39, 0.29) is 0 Å². The molecule has 98 valence electrons. The molecule has 1 heterocycles. The Labute approximate surface area is 112 Å². The van der Waals surface area contributed by atoms with Crippen LogP contribution in [-0.2, 0) is 0 Å². The van der Waals surface area contributed by atoms with Gasteiger partial charge in [-0.15, -0.1) is 11.3 Å². The number of nitrogens with two attached hydrogens (primary N) is 1. The van der Waals surface area contributed by atoms with Gasteiger partial charge in [-0.1, -0.05) is 13.8 Å². The lowest BCUT2D eigenvalue weighted by Gasteiger charge is -2.04. The van der Waals surface area contributed by atoms with Crippen molar-refractivity contribution < 1.29 is 4.74 Å². The fraction of sp³-hybridized carbons (Fsp3) is 0.500. The Morgan fingerprint density at radius 2 is 2.17 bits per heavy atom. The second kappa shape index (κ2) is 6.16. The molecule has 0 unspecified atom stereocenters. The SMILES string of the molecule is CC(C)c1nc2ccc(OCCCCN)cc2s1. The lowest BCUT2D eigenvalue weighted by atomic mass is 10.2. The maximum absolute atomic E-state index is 5.71. The van der Waals surface area contributed by atoms with Gasteiger partial charge in [0.2, 0.25) is 0 Å². The molecular weight excluding hydrogens is 244 g/mol. The van der Waals surface area contributed by atoms with Crippen LogP contribution in [-0.4, -0.2) is 18.1 Å². The Bertz CT molecular complexity index is 507. The molecule has 0 aliphatic heterocycles. The van der Waals surface area contributed by atoms with E-state index in [1.165, 1.54) is 9.71 Å². The average molecular weight is 264 g/mol. The molecular formula is C14H20N2OS. The molecule has 0 fully saturated rings. The number of nitrogens with zero attached hydrogens (tertiary/aromatic N) is 1. The minimum Gasteiger partial charge on any atom is -0.494 e. The van der Waals surface area contributed by atoms with E-state index in [2.05, 4.69) is 24.9 Å². The molecule has 1 aromatic carbocycles. The monoisotopic (exact) mass is 264 g/mol. The number of hydrogen-bond acceptors (Lipinski definition) is 4. The van der Waals surface area contributed by atoms with Gasteiger partial charge in [-0.05, 0) is 37.6 Å². The Balaban J connectivity index is 2.07. The summed E-state index contributed by atoms with van der Waals surface area (Å²) in [4.78, 5) is 4.61. The van der Waals surface area contributed by atoms with Crippen molar-refractivity contribution in [2.24, 2.45) is 5.73 Å².